The molecule has 2 aromatic carbocycles. The van der Waals surface area contributed by atoms with Crippen LogP contribution in [0.4, 0.5) is 0 Å². The summed E-state index contributed by atoms with van der Waals surface area (Å²) in [7, 11) is 1.78. The molecule has 0 spiro atoms. The number of halogens is 1. The monoisotopic (exact) mass is 522 g/mol. The molecule has 2 aromatic rings. The van der Waals surface area contributed by atoms with E-state index in [4.69, 9.17) is 4.74 Å². The van der Waals surface area contributed by atoms with Crippen LogP contribution in [0.3, 0.4) is 0 Å². The molecule has 1 fully saturated rings. The van der Waals surface area contributed by atoms with E-state index in [1.165, 1.54) is 11.1 Å². The summed E-state index contributed by atoms with van der Waals surface area (Å²) in [5, 5.41) is 9.67. The summed E-state index contributed by atoms with van der Waals surface area (Å²) in [6.07, 6.45) is 3.03. The first-order valence-electron chi connectivity index (χ1n) is 10.2. The van der Waals surface area contributed by atoms with E-state index in [1.807, 2.05) is 42.5 Å². The summed E-state index contributed by atoms with van der Waals surface area (Å²) in [6.45, 7) is 2.95. The number of guanidine groups is 1. The van der Waals surface area contributed by atoms with Crippen molar-refractivity contribution in [2.75, 3.05) is 20.2 Å². The molecular formula is C23H31IN4O2. The number of hydrogen-bond acceptors (Lipinski definition) is 3. The molecule has 0 aliphatic heterocycles. The molecule has 30 heavy (non-hydrogen) atoms. The molecule has 1 unspecified atom stereocenters. The lowest BCUT2D eigenvalue weighted by molar-refractivity contribution is -0.123. The largest absolute Gasteiger partial charge is 0.484 e. The first-order chi connectivity index (χ1) is 14.1. The Hall–Kier alpha value is -2.29. The number of ether oxygens (including phenoxy) is 1. The average molecular weight is 522 g/mol. The van der Waals surface area contributed by atoms with Crippen molar-refractivity contribution in [3.05, 3.63) is 65.7 Å². The Bertz CT molecular complexity index is 808. The zero-order valence-electron chi connectivity index (χ0n) is 17.6. The van der Waals surface area contributed by atoms with Gasteiger partial charge in [0.25, 0.3) is 5.91 Å². The molecule has 1 atom stereocenters. The fourth-order valence-electron chi connectivity index (χ4n) is 2.95. The van der Waals surface area contributed by atoms with Crippen LogP contribution in [-0.4, -0.2) is 38.1 Å². The summed E-state index contributed by atoms with van der Waals surface area (Å²) in [4.78, 5) is 16.0. The first-order valence-corrected chi connectivity index (χ1v) is 10.2. The molecule has 7 heteroatoms. The summed E-state index contributed by atoms with van der Waals surface area (Å²) in [6, 6.07) is 18.7. The van der Waals surface area contributed by atoms with Crippen LogP contribution in [0.1, 0.15) is 36.9 Å². The van der Waals surface area contributed by atoms with E-state index in [1.54, 1.807) is 7.05 Å². The number of carbonyl (C=O) groups excluding carboxylic acids is 1. The van der Waals surface area contributed by atoms with Crippen molar-refractivity contribution in [3.8, 4) is 5.75 Å². The molecule has 3 rings (SSSR count). The van der Waals surface area contributed by atoms with Crippen LogP contribution in [0, 0.1) is 0 Å². The van der Waals surface area contributed by atoms with Gasteiger partial charge in [0.2, 0.25) is 0 Å². The zero-order chi connectivity index (χ0) is 20.5. The van der Waals surface area contributed by atoms with Gasteiger partial charge in [0, 0.05) is 19.6 Å². The predicted molar refractivity (Wildman–Crippen MR) is 132 cm³/mol. The second-order valence-electron chi connectivity index (χ2n) is 7.30. The lowest BCUT2D eigenvalue weighted by Crippen LogP contribution is -2.39. The maximum absolute atomic E-state index is 11.7. The van der Waals surface area contributed by atoms with Crippen LogP contribution in [0.25, 0.3) is 0 Å². The number of amides is 1. The third kappa shape index (κ3) is 8.22. The highest BCUT2D eigenvalue weighted by atomic mass is 127. The van der Waals surface area contributed by atoms with Gasteiger partial charge in [-0.2, -0.15) is 0 Å². The molecule has 0 bridgehead atoms. The molecule has 0 heterocycles. The SMILES string of the molecule is CN=C(NCCc1ccc(OCC(=O)NC2CC2)cc1)NC(C)c1ccccc1.I. The molecular weight excluding hydrogens is 491 g/mol. The fourth-order valence-corrected chi connectivity index (χ4v) is 2.95. The minimum Gasteiger partial charge on any atom is -0.484 e. The van der Waals surface area contributed by atoms with E-state index >= 15 is 0 Å². The summed E-state index contributed by atoms with van der Waals surface area (Å²) in [5.74, 6) is 1.44. The molecule has 6 nitrogen and oxygen atoms in total. The second kappa shape index (κ2) is 12.4. The van der Waals surface area contributed by atoms with Crippen LogP contribution in [0.5, 0.6) is 5.75 Å². The Morgan fingerprint density at radius 2 is 1.83 bits per heavy atom. The van der Waals surface area contributed by atoms with Gasteiger partial charge in [0.15, 0.2) is 12.6 Å². The third-order valence-electron chi connectivity index (χ3n) is 4.82. The highest BCUT2D eigenvalue weighted by molar-refractivity contribution is 14.0. The summed E-state index contributed by atoms with van der Waals surface area (Å²) >= 11 is 0. The van der Waals surface area contributed by atoms with Gasteiger partial charge in [0.1, 0.15) is 5.75 Å². The van der Waals surface area contributed by atoms with E-state index in [-0.39, 0.29) is 42.5 Å². The van der Waals surface area contributed by atoms with Crippen LogP contribution in [0.15, 0.2) is 59.6 Å². The minimum absolute atomic E-state index is 0. The molecule has 1 aliphatic carbocycles. The van der Waals surface area contributed by atoms with Crippen molar-refractivity contribution in [1.29, 1.82) is 0 Å². The average Bonchev–Trinajstić information content (AvgIpc) is 3.57. The lowest BCUT2D eigenvalue weighted by Gasteiger charge is -2.18. The topological polar surface area (TPSA) is 74.8 Å². The summed E-state index contributed by atoms with van der Waals surface area (Å²) in [5.41, 5.74) is 2.41. The van der Waals surface area contributed by atoms with E-state index in [2.05, 4.69) is 40.0 Å². The number of hydrogen-bond donors (Lipinski definition) is 3. The Morgan fingerprint density at radius 3 is 2.47 bits per heavy atom. The normalized spacial score (nSPS) is 14.3. The minimum atomic E-state index is -0.0515. The second-order valence-corrected chi connectivity index (χ2v) is 7.30. The maximum atomic E-state index is 11.7. The van der Waals surface area contributed by atoms with Crippen molar-refractivity contribution >= 4 is 35.8 Å². The highest BCUT2D eigenvalue weighted by Gasteiger charge is 2.23. The van der Waals surface area contributed by atoms with E-state index in [9.17, 15) is 4.79 Å². The molecule has 162 valence electrons. The van der Waals surface area contributed by atoms with Crippen LogP contribution in [0.2, 0.25) is 0 Å². The molecule has 1 amide bonds. The number of nitrogens with zero attached hydrogens (tertiary/aromatic N) is 1. The fraction of sp³-hybridized carbons (Fsp3) is 0.391. The number of benzene rings is 2. The maximum Gasteiger partial charge on any atom is 0.258 e. The smallest absolute Gasteiger partial charge is 0.258 e. The van der Waals surface area contributed by atoms with Crippen molar-refractivity contribution in [2.24, 2.45) is 4.99 Å². The number of aliphatic imine (C=N–C) groups is 1. The van der Waals surface area contributed by atoms with Gasteiger partial charge in [0.05, 0.1) is 6.04 Å². The van der Waals surface area contributed by atoms with Crippen molar-refractivity contribution in [1.82, 2.24) is 16.0 Å². The Labute approximate surface area is 195 Å². The van der Waals surface area contributed by atoms with Gasteiger partial charge >= 0.3 is 0 Å². The van der Waals surface area contributed by atoms with Gasteiger partial charge < -0.3 is 20.7 Å². The zero-order valence-corrected chi connectivity index (χ0v) is 19.9. The van der Waals surface area contributed by atoms with Gasteiger partial charge in [-0.25, -0.2) is 0 Å². The Balaban J connectivity index is 0.00000320. The van der Waals surface area contributed by atoms with E-state index in [0.717, 1.165) is 31.8 Å². The van der Waals surface area contributed by atoms with E-state index in [0.29, 0.717) is 11.8 Å². The molecule has 0 aromatic heterocycles. The van der Waals surface area contributed by atoms with Crippen LogP contribution in [-0.2, 0) is 11.2 Å². The first kappa shape index (κ1) is 24.0. The molecule has 3 N–H and O–H groups in total. The Kier molecular flexibility index (Phi) is 9.93. The number of carbonyl (C=O) groups is 1. The molecule has 0 saturated heterocycles. The predicted octanol–water partition coefficient (Wildman–Crippen LogP) is 3.43. The standard InChI is InChI=1S/C23H30N4O2.HI/c1-17(19-6-4-3-5-7-19)26-23(24-2)25-15-14-18-8-12-21(13-9-18)29-16-22(28)27-20-10-11-20;/h3-9,12-13,17,20H,10-11,14-16H2,1-2H3,(H,27,28)(H2,24,25,26);1H. The van der Waals surface area contributed by atoms with Gasteiger partial charge in [-0.3, -0.25) is 9.79 Å². The van der Waals surface area contributed by atoms with Gasteiger partial charge in [-0.15, -0.1) is 24.0 Å². The van der Waals surface area contributed by atoms with Gasteiger partial charge in [-0.1, -0.05) is 42.5 Å². The van der Waals surface area contributed by atoms with Crippen LogP contribution < -0.4 is 20.7 Å². The Morgan fingerprint density at radius 1 is 1.13 bits per heavy atom. The van der Waals surface area contributed by atoms with Crippen molar-refractivity contribution < 1.29 is 9.53 Å². The van der Waals surface area contributed by atoms with Crippen LogP contribution >= 0.6 is 24.0 Å². The van der Waals surface area contributed by atoms with E-state index < -0.39 is 0 Å². The van der Waals surface area contributed by atoms with Crippen molar-refractivity contribution in [2.45, 2.75) is 38.3 Å². The quantitative estimate of drug-likeness (QED) is 0.268. The third-order valence-corrected chi connectivity index (χ3v) is 4.82. The number of nitrogens with one attached hydrogen (secondary N) is 3. The highest BCUT2D eigenvalue weighted by Crippen LogP contribution is 2.18. The van der Waals surface area contributed by atoms with Gasteiger partial charge in [-0.05, 0) is 49.4 Å². The molecule has 1 aliphatic rings. The lowest BCUT2D eigenvalue weighted by atomic mass is 10.1. The van der Waals surface area contributed by atoms with Crippen molar-refractivity contribution in [3.63, 3.8) is 0 Å². The summed E-state index contributed by atoms with van der Waals surface area (Å²) < 4.78 is 5.54. The number of rotatable bonds is 9. The molecule has 0 radical (unpaired) electrons. The molecule has 1 saturated carbocycles.